The van der Waals surface area contributed by atoms with Crippen LogP contribution >= 0.6 is 11.8 Å². The molecule has 0 unspecified atom stereocenters. The van der Waals surface area contributed by atoms with E-state index in [1.165, 1.54) is 11.8 Å². The third-order valence-electron chi connectivity index (χ3n) is 4.37. The van der Waals surface area contributed by atoms with E-state index in [1.54, 1.807) is 13.0 Å². The van der Waals surface area contributed by atoms with E-state index in [-0.39, 0.29) is 42.1 Å². The third kappa shape index (κ3) is 3.23. The van der Waals surface area contributed by atoms with Crippen molar-refractivity contribution in [1.29, 1.82) is 0 Å². The first-order valence-electron chi connectivity index (χ1n) is 8.22. The molecule has 0 bridgehead atoms. The van der Waals surface area contributed by atoms with Crippen molar-refractivity contribution in [2.24, 2.45) is 4.99 Å². The first-order chi connectivity index (χ1) is 12.5. The number of fused-ring (bicyclic) bond motifs is 2. The monoisotopic (exact) mass is 398 g/mol. The minimum Gasteiger partial charge on any atom is -0.465 e. The van der Waals surface area contributed by atoms with E-state index in [9.17, 15) is 13.2 Å². The molecule has 0 aliphatic carbocycles. The second-order valence-corrected chi connectivity index (χ2v) is 9.22. The molecular formula is C16H18N2O6S2. The molecule has 0 N–H and O–H groups in total. The molecule has 26 heavy (non-hydrogen) atoms. The molecule has 8 nitrogen and oxygen atoms in total. The van der Waals surface area contributed by atoms with Crippen molar-refractivity contribution in [3.05, 3.63) is 18.2 Å². The van der Waals surface area contributed by atoms with Crippen LogP contribution in [0, 0.1) is 0 Å². The predicted octanol–water partition coefficient (Wildman–Crippen LogP) is 1.05. The fourth-order valence-corrected chi connectivity index (χ4v) is 6.06. The van der Waals surface area contributed by atoms with Gasteiger partial charge < -0.3 is 19.1 Å². The van der Waals surface area contributed by atoms with Crippen LogP contribution in [0.1, 0.15) is 6.92 Å². The summed E-state index contributed by atoms with van der Waals surface area (Å²) in [7, 11) is -3.13. The number of hydrogen-bond acceptors (Lipinski definition) is 9. The number of amidine groups is 1. The van der Waals surface area contributed by atoms with Crippen molar-refractivity contribution in [3.63, 3.8) is 0 Å². The van der Waals surface area contributed by atoms with Gasteiger partial charge in [-0.2, -0.15) is 0 Å². The Morgan fingerprint density at radius 2 is 2.15 bits per heavy atom. The lowest BCUT2D eigenvalue weighted by Gasteiger charge is -2.26. The fourth-order valence-electron chi connectivity index (χ4n) is 3.30. The van der Waals surface area contributed by atoms with Gasteiger partial charge in [0.2, 0.25) is 6.79 Å². The minimum atomic E-state index is -3.13. The first kappa shape index (κ1) is 17.5. The van der Waals surface area contributed by atoms with Gasteiger partial charge in [0, 0.05) is 11.8 Å². The molecule has 2 atom stereocenters. The number of ether oxygens (including phenoxy) is 3. The molecule has 0 aromatic heterocycles. The van der Waals surface area contributed by atoms with Crippen LogP contribution in [0.5, 0.6) is 11.5 Å². The standard InChI is InChI=1S/C16H18N2O6S2/c1-2-22-15(19)6-25-16-17-11-7-26(20,21)8-12(11)18(16)10-3-4-13-14(5-10)24-9-23-13/h3-5,11-12H,2,6-9H2,1H3/t11-,12+/m1/s1. The molecule has 1 saturated heterocycles. The topological polar surface area (TPSA) is 94.5 Å². The van der Waals surface area contributed by atoms with Crippen LogP contribution in [-0.4, -0.2) is 62.3 Å². The zero-order chi connectivity index (χ0) is 18.3. The van der Waals surface area contributed by atoms with Gasteiger partial charge in [0.05, 0.1) is 35.9 Å². The summed E-state index contributed by atoms with van der Waals surface area (Å²) < 4.78 is 39.8. The number of benzene rings is 1. The first-order valence-corrected chi connectivity index (χ1v) is 11.0. The quantitative estimate of drug-likeness (QED) is 0.695. The molecule has 3 aliphatic heterocycles. The smallest absolute Gasteiger partial charge is 0.316 e. The minimum absolute atomic E-state index is 0.0299. The Bertz CT molecular complexity index is 869. The zero-order valence-corrected chi connectivity index (χ0v) is 15.7. The molecule has 0 radical (unpaired) electrons. The van der Waals surface area contributed by atoms with Gasteiger partial charge in [0.15, 0.2) is 26.5 Å². The average molecular weight is 398 g/mol. The van der Waals surface area contributed by atoms with Crippen molar-refractivity contribution in [1.82, 2.24) is 0 Å². The van der Waals surface area contributed by atoms with Crippen molar-refractivity contribution in [2.75, 3.05) is 35.6 Å². The van der Waals surface area contributed by atoms with Gasteiger partial charge in [0.1, 0.15) is 0 Å². The highest BCUT2D eigenvalue weighted by molar-refractivity contribution is 8.14. The Morgan fingerprint density at radius 3 is 2.96 bits per heavy atom. The van der Waals surface area contributed by atoms with Crippen molar-refractivity contribution in [2.45, 2.75) is 19.0 Å². The number of anilines is 1. The maximum atomic E-state index is 12.0. The Balaban J connectivity index is 1.62. The summed E-state index contributed by atoms with van der Waals surface area (Å²) in [6.45, 7) is 2.24. The molecule has 140 valence electrons. The number of hydrogen-bond donors (Lipinski definition) is 0. The van der Waals surface area contributed by atoms with E-state index >= 15 is 0 Å². The van der Waals surface area contributed by atoms with Crippen LogP contribution in [0.25, 0.3) is 0 Å². The van der Waals surface area contributed by atoms with E-state index in [4.69, 9.17) is 14.2 Å². The van der Waals surface area contributed by atoms with Gasteiger partial charge in [-0.25, -0.2) is 8.42 Å². The highest BCUT2D eigenvalue weighted by Crippen LogP contribution is 2.40. The van der Waals surface area contributed by atoms with E-state index in [0.717, 1.165) is 5.69 Å². The van der Waals surface area contributed by atoms with E-state index < -0.39 is 9.84 Å². The van der Waals surface area contributed by atoms with Gasteiger partial charge in [0.25, 0.3) is 0 Å². The molecular weight excluding hydrogens is 380 g/mol. The number of thioether (sulfide) groups is 1. The predicted molar refractivity (Wildman–Crippen MR) is 97.8 cm³/mol. The number of nitrogens with zero attached hydrogens (tertiary/aromatic N) is 2. The number of esters is 1. The molecule has 1 aromatic rings. The number of sulfone groups is 1. The highest BCUT2D eigenvalue weighted by Gasteiger charge is 2.47. The number of rotatable bonds is 4. The maximum Gasteiger partial charge on any atom is 0.316 e. The molecule has 3 aliphatic rings. The van der Waals surface area contributed by atoms with Crippen LogP contribution in [-0.2, 0) is 19.4 Å². The summed E-state index contributed by atoms with van der Waals surface area (Å²) in [5, 5.41) is 0.627. The van der Waals surface area contributed by atoms with Crippen LogP contribution < -0.4 is 14.4 Å². The molecule has 0 amide bonds. The highest BCUT2D eigenvalue weighted by atomic mass is 32.2. The van der Waals surface area contributed by atoms with Gasteiger partial charge in [-0.3, -0.25) is 9.79 Å². The van der Waals surface area contributed by atoms with Crippen molar-refractivity contribution >= 4 is 38.4 Å². The van der Waals surface area contributed by atoms with Gasteiger partial charge in [-0.1, -0.05) is 11.8 Å². The summed E-state index contributed by atoms with van der Waals surface area (Å²) in [5.74, 6) is 1.14. The molecule has 1 aromatic carbocycles. The number of aliphatic imine (C=N–C) groups is 1. The normalized spacial score (nSPS) is 25.1. The lowest BCUT2D eigenvalue weighted by Crippen LogP contribution is -2.39. The second-order valence-electron chi connectivity index (χ2n) is 6.12. The molecule has 3 heterocycles. The van der Waals surface area contributed by atoms with E-state index in [0.29, 0.717) is 23.3 Å². The maximum absolute atomic E-state index is 12.0. The molecule has 0 spiro atoms. The van der Waals surface area contributed by atoms with Crippen LogP contribution in [0.2, 0.25) is 0 Å². The van der Waals surface area contributed by atoms with Gasteiger partial charge in [-0.15, -0.1) is 0 Å². The summed E-state index contributed by atoms with van der Waals surface area (Å²) >= 11 is 1.26. The Kier molecular flexibility index (Phi) is 4.47. The Hall–Kier alpha value is -1.94. The SMILES string of the molecule is CCOC(=O)CSC1=N[C@@H]2CS(=O)(=O)C[C@@H]2N1c1ccc2c(c1)OCO2. The number of carbonyl (C=O) groups excluding carboxylic acids is 1. The van der Waals surface area contributed by atoms with Gasteiger partial charge in [-0.05, 0) is 19.1 Å². The zero-order valence-electron chi connectivity index (χ0n) is 14.1. The molecule has 0 saturated carbocycles. The molecule has 4 rings (SSSR count). The van der Waals surface area contributed by atoms with Crippen LogP contribution in [0.4, 0.5) is 5.69 Å². The lowest BCUT2D eigenvalue weighted by atomic mass is 10.1. The summed E-state index contributed by atoms with van der Waals surface area (Å²) in [6.07, 6.45) is 0. The van der Waals surface area contributed by atoms with Crippen molar-refractivity contribution in [3.8, 4) is 11.5 Å². The van der Waals surface area contributed by atoms with Crippen LogP contribution in [0.3, 0.4) is 0 Å². The second kappa shape index (κ2) is 6.66. The van der Waals surface area contributed by atoms with Gasteiger partial charge >= 0.3 is 5.97 Å². The van der Waals surface area contributed by atoms with Crippen molar-refractivity contribution < 1.29 is 27.4 Å². The summed E-state index contributed by atoms with van der Waals surface area (Å²) in [5.41, 5.74) is 0.772. The lowest BCUT2D eigenvalue weighted by molar-refractivity contribution is -0.139. The van der Waals surface area contributed by atoms with E-state index in [1.807, 2.05) is 17.0 Å². The Labute approximate surface area is 155 Å². The molecule has 1 fully saturated rings. The fraction of sp³-hybridized carbons (Fsp3) is 0.500. The molecule has 10 heteroatoms. The summed E-state index contributed by atoms with van der Waals surface area (Å²) in [4.78, 5) is 18.2. The Morgan fingerprint density at radius 1 is 1.35 bits per heavy atom. The third-order valence-corrected chi connectivity index (χ3v) is 7.01. The van der Waals surface area contributed by atoms with Crippen LogP contribution in [0.15, 0.2) is 23.2 Å². The largest absolute Gasteiger partial charge is 0.465 e. The number of carbonyl (C=O) groups is 1. The summed E-state index contributed by atoms with van der Waals surface area (Å²) in [6, 6.07) is 4.86. The van der Waals surface area contributed by atoms with E-state index in [2.05, 4.69) is 4.99 Å². The average Bonchev–Trinajstić information content (AvgIpc) is 3.24.